The predicted molar refractivity (Wildman–Crippen MR) is 67.0 cm³/mol. The highest BCUT2D eigenvalue weighted by molar-refractivity contribution is 5.85. The SMILES string of the molecule is CC(C)N(C)C(=O)CNCC1CCCO1.Cl. The van der Waals surface area contributed by atoms with Crippen LogP contribution in [0.4, 0.5) is 0 Å². The van der Waals surface area contributed by atoms with Gasteiger partial charge in [-0.15, -0.1) is 12.4 Å². The Morgan fingerprint density at radius 3 is 2.75 bits per heavy atom. The Kier molecular flexibility index (Phi) is 7.72. The highest BCUT2D eigenvalue weighted by Gasteiger charge is 2.16. The van der Waals surface area contributed by atoms with Crippen molar-refractivity contribution >= 4 is 18.3 Å². The second-order valence-corrected chi connectivity index (χ2v) is 4.36. The van der Waals surface area contributed by atoms with Crippen LogP contribution >= 0.6 is 12.4 Å². The number of hydrogen-bond donors (Lipinski definition) is 1. The van der Waals surface area contributed by atoms with Crippen LogP contribution in [-0.2, 0) is 9.53 Å². The lowest BCUT2D eigenvalue weighted by molar-refractivity contribution is -0.130. The minimum absolute atomic E-state index is 0. The molecule has 96 valence electrons. The fourth-order valence-corrected chi connectivity index (χ4v) is 1.56. The van der Waals surface area contributed by atoms with E-state index in [0.717, 1.165) is 26.0 Å². The van der Waals surface area contributed by atoms with Crippen LogP contribution in [0.5, 0.6) is 0 Å². The lowest BCUT2D eigenvalue weighted by Crippen LogP contribution is -2.41. The first-order valence-corrected chi connectivity index (χ1v) is 5.69. The van der Waals surface area contributed by atoms with Crippen molar-refractivity contribution in [2.24, 2.45) is 0 Å². The van der Waals surface area contributed by atoms with Crippen LogP contribution in [0.3, 0.4) is 0 Å². The van der Waals surface area contributed by atoms with Gasteiger partial charge in [0.1, 0.15) is 0 Å². The molecule has 5 heteroatoms. The molecule has 1 fully saturated rings. The first kappa shape index (κ1) is 15.7. The van der Waals surface area contributed by atoms with Crippen LogP contribution in [0.2, 0.25) is 0 Å². The molecule has 1 unspecified atom stereocenters. The Labute approximate surface area is 104 Å². The number of likely N-dealkylation sites (N-methyl/N-ethyl adjacent to an activating group) is 1. The van der Waals surface area contributed by atoms with Crippen molar-refractivity contribution < 1.29 is 9.53 Å². The lowest BCUT2D eigenvalue weighted by Gasteiger charge is -2.22. The predicted octanol–water partition coefficient (Wildman–Crippen LogP) is 1.04. The minimum Gasteiger partial charge on any atom is -0.377 e. The molecule has 0 aliphatic carbocycles. The van der Waals surface area contributed by atoms with Crippen LogP contribution in [0.25, 0.3) is 0 Å². The van der Waals surface area contributed by atoms with Gasteiger partial charge in [-0.2, -0.15) is 0 Å². The summed E-state index contributed by atoms with van der Waals surface area (Å²) in [7, 11) is 1.83. The molecular formula is C11H23ClN2O2. The largest absolute Gasteiger partial charge is 0.377 e. The van der Waals surface area contributed by atoms with Crippen LogP contribution in [0.15, 0.2) is 0 Å². The maximum absolute atomic E-state index is 11.6. The average molecular weight is 251 g/mol. The van der Waals surface area contributed by atoms with Gasteiger partial charge in [0.15, 0.2) is 0 Å². The molecule has 1 heterocycles. The summed E-state index contributed by atoms with van der Waals surface area (Å²) in [5.41, 5.74) is 0. The molecule has 0 bridgehead atoms. The molecule has 16 heavy (non-hydrogen) atoms. The van der Waals surface area contributed by atoms with Gasteiger partial charge < -0.3 is 15.0 Å². The van der Waals surface area contributed by atoms with Gasteiger partial charge in [0, 0.05) is 26.2 Å². The van der Waals surface area contributed by atoms with E-state index in [1.54, 1.807) is 4.90 Å². The van der Waals surface area contributed by atoms with E-state index in [-0.39, 0.29) is 24.4 Å². The van der Waals surface area contributed by atoms with Gasteiger partial charge in [-0.05, 0) is 26.7 Å². The topological polar surface area (TPSA) is 41.6 Å². The fourth-order valence-electron chi connectivity index (χ4n) is 1.56. The molecule has 0 spiro atoms. The van der Waals surface area contributed by atoms with Crippen molar-refractivity contribution in [3.63, 3.8) is 0 Å². The quantitative estimate of drug-likeness (QED) is 0.793. The van der Waals surface area contributed by atoms with Gasteiger partial charge in [0.25, 0.3) is 0 Å². The van der Waals surface area contributed by atoms with Crippen molar-refractivity contribution in [1.29, 1.82) is 0 Å². The zero-order chi connectivity index (χ0) is 11.3. The number of carbonyl (C=O) groups excluding carboxylic acids is 1. The van der Waals surface area contributed by atoms with Crippen molar-refractivity contribution in [3.05, 3.63) is 0 Å². The number of rotatable bonds is 5. The summed E-state index contributed by atoms with van der Waals surface area (Å²) in [6.45, 7) is 6.09. The van der Waals surface area contributed by atoms with Crippen LogP contribution in [0.1, 0.15) is 26.7 Å². The Balaban J connectivity index is 0.00000225. The molecule has 4 nitrogen and oxygen atoms in total. The molecule has 0 aromatic heterocycles. The maximum Gasteiger partial charge on any atom is 0.236 e. The Bertz CT molecular complexity index is 206. The molecule has 1 rings (SSSR count). The molecular weight excluding hydrogens is 228 g/mol. The van der Waals surface area contributed by atoms with Gasteiger partial charge in [-0.25, -0.2) is 0 Å². The van der Waals surface area contributed by atoms with E-state index in [0.29, 0.717) is 12.6 Å². The number of amides is 1. The smallest absolute Gasteiger partial charge is 0.236 e. The van der Waals surface area contributed by atoms with E-state index in [2.05, 4.69) is 5.32 Å². The Morgan fingerprint density at radius 1 is 1.56 bits per heavy atom. The number of halogens is 1. The Hall–Kier alpha value is -0.320. The maximum atomic E-state index is 11.6. The number of ether oxygens (including phenoxy) is 1. The highest BCUT2D eigenvalue weighted by atomic mass is 35.5. The molecule has 1 N–H and O–H groups in total. The fraction of sp³-hybridized carbons (Fsp3) is 0.909. The molecule has 1 aliphatic heterocycles. The molecule has 1 amide bonds. The molecule has 0 radical (unpaired) electrons. The summed E-state index contributed by atoms with van der Waals surface area (Å²) in [5, 5.41) is 3.15. The summed E-state index contributed by atoms with van der Waals surface area (Å²) < 4.78 is 5.46. The van der Waals surface area contributed by atoms with Gasteiger partial charge >= 0.3 is 0 Å². The van der Waals surface area contributed by atoms with Crippen LogP contribution in [0, 0.1) is 0 Å². The third-order valence-electron chi connectivity index (χ3n) is 2.84. The summed E-state index contributed by atoms with van der Waals surface area (Å²) in [6.07, 6.45) is 2.56. The van der Waals surface area contributed by atoms with Crippen molar-refractivity contribution in [2.75, 3.05) is 26.7 Å². The number of nitrogens with one attached hydrogen (secondary N) is 1. The van der Waals surface area contributed by atoms with E-state index in [9.17, 15) is 4.79 Å². The molecule has 0 saturated carbocycles. The van der Waals surface area contributed by atoms with E-state index in [1.807, 2.05) is 20.9 Å². The summed E-state index contributed by atoms with van der Waals surface area (Å²) in [6, 6.07) is 0.266. The minimum atomic E-state index is 0. The molecule has 1 atom stereocenters. The van der Waals surface area contributed by atoms with Crippen molar-refractivity contribution in [1.82, 2.24) is 10.2 Å². The number of hydrogen-bond acceptors (Lipinski definition) is 3. The lowest BCUT2D eigenvalue weighted by atomic mass is 10.2. The first-order valence-electron chi connectivity index (χ1n) is 5.69. The van der Waals surface area contributed by atoms with Crippen molar-refractivity contribution in [3.8, 4) is 0 Å². The van der Waals surface area contributed by atoms with E-state index in [1.165, 1.54) is 0 Å². The van der Waals surface area contributed by atoms with Crippen LogP contribution < -0.4 is 5.32 Å². The molecule has 1 saturated heterocycles. The summed E-state index contributed by atoms with van der Waals surface area (Å²) in [5.74, 6) is 0.142. The normalized spacial score (nSPS) is 19.6. The molecule has 0 aromatic carbocycles. The summed E-state index contributed by atoms with van der Waals surface area (Å²) in [4.78, 5) is 13.3. The van der Waals surface area contributed by atoms with Crippen LogP contribution in [-0.4, -0.2) is 49.7 Å². The van der Waals surface area contributed by atoms with E-state index >= 15 is 0 Å². The first-order chi connectivity index (χ1) is 7.11. The van der Waals surface area contributed by atoms with Gasteiger partial charge in [-0.3, -0.25) is 4.79 Å². The zero-order valence-corrected chi connectivity index (χ0v) is 11.2. The third kappa shape index (κ3) is 5.14. The third-order valence-corrected chi connectivity index (χ3v) is 2.84. The van der Waals surface area contributed by atoms with E-state index in [4.69, 9.17) is 4.74 Å². The second kappa shape index (κ2) is 7.87. The summed E-state index contributed by atoms with van der Waals surface area (Å²) >= 11 is 0. The number of carbonyl (C=O) groups is 1. The standard InChI is InChI=1S/C11H22N2O2.ClH/c1-9(2)13(3)11(14)8-12-7-10-5-4-6-15-10;/h9-10,12H,4-8H2,1-3H3;1H. The van der Waals surface area contributed by atoms with Gasteiger partial charge in [-0.1, -0.05) is 0 Å². The zero-order valence-electron chi connectivity index (χ0n) is 10.4. The Morgan fingerprint density at radius 2 is 2.25 bits per heavy atom. The monoisotopic (exact) mass is 250 g/mol. The second-order valence-electron chi connectivity index (χ2n) is 4.36. The van der Waals surface area contributed by atoms with Gasteiger partial charge in [0.05, 0.1) is 12.6 Å². The van der Waals surface area contributed by atoms with Crippen molar-refractivity contribution in [2.45, 2.75) is 38.8 Å². The van der Waals surface area contributed by atoms with Gasteiger partial charge in [0.2, 0.25) is 5.91 Å². The molecule has 1 aliphatic rings. The van der Waals surface area contributed by atoms with E-state index < -0.39 is 0 Å². The highest BCUT2D eigenvalue weighted by Crippen LogP contribution is 2.10. The molecule has 0 aromatic rings. The number of nitrogens with zero attached hydrogens (tertiary/aromatic N) is 1. The average Bonchev–Trinajstić information content (AvgIpc) is 2.69.